The van der Waals surface area contributed by atoms with Crippen LogP contribution in [0.4, 0.5) is 0 Å². The van der Waals surface area contributed by atoms with E-state index in [4.69, 9.17) is 18.9 Å². The highest BCUT2D eigenvalue weighted by Crippen LogP contribution is 2.30. The highest BCUT2D eigenvalue weighted by Gasteiger charge is 2.51. The minimum Gasteiger partial charge on any atom is -0.394 e. The predicted molar refractivity (Wildman–Crippen MR) is 346 cm³/mol. The minimum atomic E-state index is -1.79. The molecule has 9 N–H and O–H groups in total. The van der Waals surface area contributed by atoms with Crippen molar-refractivity contribution in [3.8, 4) is 0 Å². The molecular formula is C71H135NO13. The van der Waals surface area contributed by atoms with E-state index in [0.29, 0.717) is 6.42 Å². The number of ether oxygens (including phenoxy) is 4. The quantitative estimate of drug-likeness (QED) is 0.0204. The Morgan fingerprint density at radius 3 is 1.12 bits per heavy atom. The molecule has 0 bridgehead atoms. The number of unbranched alkanes of at least 4 members (excludes halogenated alkanes) is 45. The molecule has 0 aromatic heterocycles. The zero-order valence-electron chi connectivity index (χ0n) is 54.6. The molecule has 2 aliphatic rings. The molecule has 2 saturated heterocycles. The molecule has 85 heavy (non-hydrogen) atoms. The van der Waals surface area contributed by atoms with E-state index in [9.17, 15) is 45.6 Å². The van der Waals surface area contributed by atoms with Crippen molar-refractivity contribution >= 4 is 5.91 Å². The molecule has 0 radical (unpaired) electrons. The fraction of sp³-hybridized carbons (Fsp3) is 0.930. The maximum absolute atomic E-state index is 13.3. The number of carbonyl (C=O) groups excluding carboxylic acids is 1. The van der Waals surface area contributed by atoms with Crippen LogP contribution < -0.4 is 5.32 Å². The molecule has 2 aliphatic heterocycles. The Hall–Kier alpha value is -1.53. The Labute approximate surface area is 519 Å². The topological polar surface area (TPSA) is 228 Å². The number of aliphatic hydroxyl groups excluding tert-OH is 8. The summed E-state index contributed by atoms with van der Waals surface area (Å²) in [5.74, 6) is -0.233. The Morgan fingerprint density at radius 2 is 0.741 bits per heavy atom. The van der Waals surface area contributed by atoms with E-state index >= 15 is 0 Å². The van der Waals surface area contributed by atoms with Gasteiger partial charge in [0.1, 0.15) is 48.8 Å². The molecule has 0 spiro atoms. The Kier molecular flexibility index (Phi) is 52.8. The summed E-state index contributed by atoms with van der Waals surface area (Å²) in [5.41, 5.74) is 0. The summed E-state index contributed by atoms with van der Waals surface area (Å²) in [6, 6.07) is -0.914. The molecule has 2 fully saturated rings. The Bertz CT molecular complexity index is 1520. The van der Waals surface area contributed by atoms with E-state index in [-0.39, 0.29) is 18.9 Å². The van der Waals surface area contributed by atoms with Gasteiger partial charge in [-0.15, -0.1) is 0 Å². The van der Waals surface area contributed by atoms with Crippen LogP contribution in [0, 0.1) is 0 Å². The molecule has 0 aromatic carbocycles. The number of amides is 1. The van der Waals surface area contributed by atoms with Gasteiger partial charge < -0.3 is 65.1 Å². The van der Waals surface area contributed by atoms with Crippen molar-refractivity contribution in [2.24, 2.45) is 0 Å². The van der Waals surface area contributed by atoms with Crippen LogP contribution in [0.25, 0.3) is 0 Å². The lowest BCUT2D eigenvalue weighted by Crippen LogP contribution is -2.65. The first-order chi connectivity index (χ1) is 41.6. The van der Waals surface area contributed by atoms with Crippen LogP contribution in [0.5, 0.6) is 0 Å². The van der Waals surface area contributed by atoms with Crippen LogP contribution in [0.3, 0.4) is 0 Å². The predicted octanol–water partition coefficient (Wildman–Crippen LogP) is 14.7. The largest absolute Gasteiger partial charge is 0.394 e. The van der Waals surface area contributed by atoms with E-state index in [0.717, 1.165) is 38.5 Å². The first-order valence-electron chi connectivity index (χ1n) is 36.1. The van der Waals surface area contributed by atoms with Crippen LogP contribution in [0.15, 0.2) is 24.3 Å². The molecule has 0 saturated carbocycles. The lowest BCUT2D eigenvalue weighted by atomic mass is 9.97. The number of aliphatic hydroxyl groups is 8. The molecule has 1 amide bonds. The van der Waals surface area contributed by atoms with Crippen LogP contribution in [-0.4, -0.2) is 140 Å². The van der Waals surface area contributed by atoms with Gasteiger partial charge in [-0.2, -0.15) is 0 Å². The van der Waals surface area contributed by atoms with Crippen LogP contribution in [-0.2, 0) is 23.7 Å². The summed E-state index contributed by atoms with van der Waals surface area (Å²) in [7, 11) is 0. The van der Waals surface area contributed by atoms with Crippen molar-refractivity contribution in [1.29, 1.82) is 0 Å². The summed E-state index contributed by atoms with van der Waals surface area (Å²) < 4.78 is 22.9. The van der Waals surface area contributed by atoms with E-state index in [1.807, 2.05) is 6.08 Å². The average Bonchev–Trinajstić information content (AvgIpc) is 3.29. The van der Waals surface area contributed by atoms with Crippen molar-refractivity contribution in [3.05, 3.63) is 24.3 Å². The van der Waals surface area contributed by atoms with Gasteiger partial charge in [-0.3, -0.25) is 4.79 Å². The smallest absolute Gasteiger partial charge is 0.220 e. The number of carbonyl (C=O) groups is 1. The van der Waals surface area contributed by atoms with Crippen molar-refractivity contribution in [3.63, 3.8) is 0 Å². The summed E-state index contributed by atoms with van der Waals surface area (Å²) in [4.78, 5) is 13.3. The van der Waals surface area contributed by atoms with Crippen LogP contribution >= 0.6 is 0 Å². The zero-order chi connectivity index (χ0) is 61.6. The summed E-state index contributed by atoms with van der Waals surface area (Å²) in [5, 5.41) is 87.5. The van der Waals surface area contributed by atoms with Gasteiger partial charge in [0.15, 0.2) is 12.6 Å². The number of hydrogen-bond acceptors (Lipinski definition) is 13. The molecule has 2 heterocycles. The lowest BCUT2D eigenvalue weighted by Gasteiger charge is -2.46. The van der Waals surface area contributed by atoms with Gasteiger partial charge >= 0.3 is 0 Å². The second-order valence-corrected chi connectivity index (χ2v) is 25.7. The van der Waals surface area contributed by atoms with E-state index in [2.05, 4.69) is 31.3 Å². The molecule has 502 valence electrons. The molecular weight excluding hydrogens is 1070 g/mol. The maximum Gasteiger partial charge on any atom is 0.220 e. The van der Waals surface area contributed by atoms with Gasteiger partial charge in [-0.25, -0.2) is 0 Å². The summed E-state index contributed by atoms with van der Waals surface area (Å²) in [6.45, 7) is 2.85. The molecule has 2 rings (SSSR count). The Morgan fingerprint density at radius 1 is 0.412 bits per heavy atom. The number of hydrogen-bond donors (Lipinski definition) is 9. The molecule has 14 heteroatoms. The van der Waals surface area contributed by atoms with Gasteiger partial charge in [-0.1, -0.05) is 301 Å². The second kappa shape index (κ2) is 56.5. The monoisotopic (exact) mass is 1210 g/mol. The minimum absolute atomic E-state index is 0.233. The number of allylic oxidation sites excluding steroid dienone is 3. The molecule has 14 nitrogen and oxygen atoms in total. The highest BCUT2D eigenvalue weighted by atomic mass is 16.7. The number of rotatable bonds is 60. The average molecular weight is 1210 g/mol. The molecule has 0 aromatic rings. The van der Waals surface area contributed by atoms with Crippen molar-refractivity contribution in [2.45, 2.75) is 402 Å². The molecule has 0 aliphatic carbocycles. The summed E-state index contributed by atoms with van der Waals surface area (Å²) in [6.07, 6.45) is 53.7. The van der Waals surface area contributed by atoms with Gasteiger partial charge in [0.25, 0.3) is 0 Å². The first kappa shape index (κ1) is 79.6. The summed E-state index contributed by atoms with van der Waals surface area (Å²) >= 11 is 0. The van der Waals surface area contributed by atoms with Crippen LogP contribution in [0.2, 0.25) is 0 Å². The Balaban J connectivity index is 1.68. The fourth-order valence-corrected chi connectivity index (χ4v) is 12.1. The van der Waals surface area contributed by atoms with Gasteiger partial charge in [0.05, 0.1) is 32.0 Å². The van der Waals surface area contributed by atoms with Crippen molar-refractivity contribution in [1.82, 2.24) is 5.32 Å². The zero-order valence-corrected chi connectivity index (χ0v) is 54.6. The van der Waals surface area contributed by atoms with Crippen molar-refractivity contribution < 1.29 is 64.6 Å². The SMILES string of the molecule is CCCCCCCCCC/C=C\CCCCCCCCCCCCCCCC(=O)NC(COC1OC(CO)C(OC2OC(CO)C(O)C(O)C2O)C(O)C1O)C(O)/C=C/CCCCCCCCCCCCCCCCCCCCCCCCCC. The fourth-order valence-electron chi connectivity index (χ4n) is 12.1. The van der Waals surface area contributed by atoms with Crippen LogP contribution in [0.1, 0.15) is 328 Å². The molecule has 12 unspecified atom stereocenters. The standard InChI is InChI=1S/C71H135NO13/c1-3-5-7-9-11-13-15-17-19-21-23-25-27-29-31-32-34-36-38-40-42-44-46-48-50-52-54-60(75)59(58-82-70-68(81)66(79)69(62(57-74)84-70)85-71-67(80)65(78)64(77)61(56-73)83-71)72-63(76)55-53-51-49-47-45-43-41-39-37-35-33-30-28-26-24-22-20-18-16-14-12-10-8-6-4-2/h22,24,52,54,59-62,64-71,73-75,77-81H,3-21,23,25-51,53,55-58H2,1-2H3,(H,72,76)/b24-22-,54-52+. The van der Waals surface area contributed by atoms with Gasteiger partial charge in [-0.05, 0) is 44.9 Å². The highest BCUT2D eigenvalue weighted by molar-refractivity contribution is 5.76. The third-order valence-corrected chi connectivity index (χ3v) is 17.9. The molecule has 12 atom stereocenters. The van der Waals surface area contributed by atoms with Gasteiger partial charge in [0.2, 0.25) is 5.91 Å². The van der Waals surface area contributed by atoms with Crippen molar-refractivity contribution in [2.75, 3.05) is 19.8 Å². The normalized spacial score (nSPS) is 23.6. The van der Waals surface area contributed by atoms with Gasteiger partial charge in [0, 0.05) is 6.42 Å². The second-order valence-electron chi connectivity index (χ2n) is 25.7. The van der Waals surface area contributed by atoms with E-state index in [1.165, 1.54) is 263 Å². The van der Waals surface area contributed by atoms with E-state index < -0.39 is 86.8 Å². The third kappa shape index (κ3) is 40.8. The third-order valence-electron chi connectivity index (χ3n) is 17.9. The maximum atomic E-state index is 13.3. The van der Waals surface area contributed by atoms with E-state index in [1.54, 1.807) is 6.08 Å². The lowest BCUT2D eigenvalue weighted by molar-refractivity contribution is -0.359. The first-order valence-corrected chi connectivity index (χ1v) is 36.1. The number of nitrogens with one attached hydrogen (secondary N) is 1.